The number of carbonyl (C=O) groups is 2. The minimum atomic E-state index is -4.54. The summed E-state index contributed by atoms with van der Waals surface area (Å²) >= 11 is 0. The maximum absolute atomic E-state index is 15.0. The van der Waals surface area contributed by atoms with E-state index in [1.54, 1.807) is 19.0 Å². The van der Waals surface area contributed by atoms with E-state index in [1.165, 1.54) is 13.0 Å². The number of amides is 2. The number of nitrogens with zero attached hydrogens (tertiary/aromatic N) is 1. The number of carbonyl (C=O) groups excluding carboxylic acids is 2. The second kappa shape index (κ2) is 9.97. The Morgan fingerprint density at radius 3 is 2.18 bits per heavy atom. The predicted molar refractivity (Wildman–Crippen MR) is 117 cm³/mol. The van der Waals surface area contributed by atoms with Crippen LogP contribution in [0.5, 0.6) is 0 Å². The van der Waals surface area contributed by atoms with Crippen LogP contribution in [0.15, 0.2) is 12.1 Å². The van der Waals surface area contributed by atoms with E-state index in [-0.39, 0.29) is 17.2 Å². The molecule has 0 bridgehead atoms. The minimum Gasteiger partial charge on any atom is -0.346 e. The van der Waals surface area contributed by atoms with Gasteiger partial charge in [0.2, 0.25) is 11.8 Å². The number of hydrogen-bond acceptors (Lipinski definition) is 4. The van der Waals surface area contributed by atoms with Crippen molar-refractivity contribution in [2.45, 2.75) is 57.3 Å². The highest BCUT2D eigenvalue weighted by Crippen LogP contribution is 2.50. The Balaban J connectivity index is 1.79. The van der Waals surface area contributed by atoms with Crippen molar-refractivity contribution in [2.75, 3.05) is 26.0 Å². The zero-order chi connectivity index (χ0) is 24.5. The fourth-order valence-corrected chi connectivity index (χ4v) is 4.42. The molecule has 3 rings (SSSR count). The lowest BCUT2D eigenvalue weighted by Crippen LogP contribution is -2.44. The Kier molecular flexibility index (Phi) is 7.68. The standard InChI is InChI=1S/C23H32F4N4O2/c1-12(21(32)29-11-23(25,26)27)16-9-17(24)18(8-15(16)10-31(2)3)30-22(33)20(28)19(13-4-5-13)14-6-7-14/h8-9,12-14,19-20H,4-7,10-11,28H2,1-3H3,(H,29,32)(H,30,33)/t12?,20-/m0/s1. The van der Waals surface area contributed by atoms with E-state index >= 15 is 0 Å². The zero-order valence-corrected chi connectivity index (χ0v) is 19.1. The molecule has 2 aliphatic carbocycles. The van der Waals surface area contributed by atoms with Gasteiger partial charge in [-0.15, -0.1) is 0 Å². The molecule has 1 unspecified atom stereocenters. The molecule has 1 aromatic carbocycles. The highest BCUT2D eigenvalue weighted by atomic mass is 19.4. The summed E-state index contributed by atoms with van der Waals surface area (Å²) in [5, 5.41) is 4.44. The lowest BCUT2D eigenvalue weighted by atomic mass is 9.89. The van der Waals surface area contributed by atoms with Gasteiger partial charge < -0.3 is 21.3 Å². The monoisotopic (exact) mass is 472 g/mol. The number of rotatable bonds is 10. The topological polar surface area (TPSA) is 87.5 Å². The van der Waals surface area contributed by atoms with E-state index in [4.69, 9.17) is 5.73 Å². The summed E-state index contributed by atoms with van der Waals surface area (Å²) < 4.78 is 52.4. The molecule has 2 aliphatic rings. The average Bonchev–Trinajstić information content (AvgIpc) is 3.62. The van der Waals surface area contributed by atoms with Gasteiger partial charge in [0.15, 0.2) is 0 Å². The third kappa shape index (κ3) is 6.89. The molecule has 0 spiro atoms. The maximum atomic E-state index is 15.0. The first-order chi connectivity index (χ1) is 15.4. The van der Waals surface area contributed by atoms with Gasteiger partial charge in [0.25, 0.3) is 0 Å². The van der Waals surface area contributed by atoms with Crippen LogP contribution < -0.4 is 16.4 Å². The largest absolute Gasteiger partial charge is 0.405 e. The first-order valence-corrected chi connectivity index (χ1v) is 11.2. The number of anilines is 1. The van der Waals surface area contributed by atoms with Crippen molar-refractivity contribution in [1.29, 1.82) is 0 Å². The zero-order valence-electron chi connectivity index (χ0n) is 19.1. The van der Waals surface area contributed by atoms with Crippen LogP contribution in [-0.4, -0.2) is 49.6 Å². The first-order valence-electron chi connectivity index (χ1n) is 11.2. The Bertz CT molecular complexity index is 870. The highest BCUT2D eigenvalue weighted by molar-refractivity contribution is 5.95. The van der Waals surface area contributed by atoms with Gasteiger partial charge >= 0.3 is 6.18 Å². The molecular weight excluding hydrogens is 440 g/mol. The summed E-state index contributed by atoms with van der Waals surface area (Å²) in [5.74, 6) is -2.09. The lowest BCUT2D eigenvalue weighted by molar-refractivity contribution is -0.139. The quantitative estimate of drug-likeness (QED) is 0.456. The lowest BCUT2D eigenvalue weighted by Gasteiger charge is -2.24. The van der Waals surface area contributed by atoms with E-state index in [0.717, 1.165) is 31.7 Å². The summed E-state index contributed by atoms with van der Waals surface area (Å²) in [4.78, 5) is 26.9. The van der Waals surface area contributed by atoms with Crippen LogP contribution >= 0.6 is 0 Å². The van der Waals surface area contributed by atoms with Gasteiger partial charge in [-0.05, 0) is 87.7 Å². The van der Waals surface area contributed by atoms with Crippen LogP contribution in [0.25, 0.3) is 0 Å². The fraction of sp³-hybridized carbons (Fsp3) is 0.652. The fourth-order valence-electron chi connectivity index (χ4n) is 4.42. The number of halogens is 4. The van der Waals surface area contributed by atoms with Gasteiger partial charge in [-0.1, -0.05) is 0 Å². The van der Waals surface area contributed by atoms with E-state index < -0.39 is 42.3 Å². The maximum Gasteiger partial charge on any atom is 0.405 e. The molecule has 184 valence electrons. The molecule has 2 saturated carbocycles. The molecule has 0 aromatic heterocycles. The second-order valence-corrected chi connectivity index (χ2v) is 9.59. The summed E-state index contributed by atoms with van der Waals surface area (Å²) in [6.45, 7) is 0.259. The van der Waals surface area contributed by atoms with Crippen LogP contribution in [0, 0.1) is 23.6 Å². The number of alkyl halides is 3. The van der Waals surface area contributed by atoms with Gasteiger partial charge in [0.05, 0.1) is 17.6 Å². The van der Waals surface area contributed by atoms with Gasteiger partial charge in [0.1, 0.15) is 12.4 Å². The van der Waals surface area contributed by atoms with Gasteiger partial charge in [0, 0.05) is 6.54 Å². The summed E-state index contributed by atoms with van der Waals surface area (Å²) in [5.41, 5.74) is 7.00. The number of nitrogens with one attached hydrogen (secondary N) is 2. The van der Waals surface area contributed by atoms with E-state index in [0.29, 0.717) is 23.9 Å². The van der Waals surface area contributed by atoms with Crippen molar-refractivity contribution in [3.8, 4) is 0 Å². The summed E-state index contributed by atoms with van der Waals surface area (Å²) in [7, 11) is 3.54. The van der Waals surface area contributed by atoms with Crippen LogP contribution in [0.1, 0.15) is 49.7 Å². The van der Waals surface area contributed by atoms with Crippen LogP contribution in [0.3, 0.4) is 0 Å². The average molecular weight is 473 g/mol. The highest BCUT2D eigenvalue weighted by Gasteiger charge is 2.46. The van der Waals surface area contributed by atoms with Crippen molar-refractivity contribution in [1.82, 2.24) is 10.2 Å². The van der Waals surface area contributed by atoms with Crippen LogP contribution in [0.2, 0.25) is 0 Å². The number of nitrogens with two attached hydrogens (primary N) is 1. The Labute approximate surface area is 191 Å². The second-order valence-electron chi connectivity index (χ2n) is 9.59. The molecule has 33 heavy (non-hydrogen) atoms. The Morgan fingerprint density at radius 2 is 1.70 bits per heavy atom. The summed E-state index contributed by atoms with van der Waals surface area (Å²) in [6.07, 6.45) is -0.295. The SMILES string of the molecule is CC(C(=O)NCC(F)(F)F)c1cc(F)c(NC(=O)[C@@H](N)C(C2CC2)C2CC2)cc1CN(C)C. The van der Waals surface area contributed by atoms with Crippen molar-refractivity contribution < 1.29 is 27.2 Å². The molecule has 0 saturated heterocycles. The summed E-state index contributed by atoms with van der Waals surface area (Å²) in [6, 6.07) is 1.82. The molecule has 1 aromatic rings. The number of benzene rings is 1. The molecule has 2 atom stereocenters. The molecule has 6 nitrogen and oxygen atoms in total. The van der Waals surface area contributed by atoms with Crippen LogP contribution in [0.4, 0.5) is 23.2 Å². The van der Waals surface area contributed by atoms with Crippen LogP contribution in [-0.2, 0) is 16.1 Å². The Hall–Kier alpha value is -2.20. The van der Waals surface area contributed by atoms with E-state index in [1.807, 2.05) is 5.32 Å². The van der Waals surface area contributed by atoms with Crippen molar-refractivity contribution >= 4 is 17.5 Å². The molecular formula is C23H32F4N4O2. The van der Waals surface area contributed by atoms with Crippen molar-refractivity contribution in [3.63, 3.8) is 0 Å². The molecule has 10 heteroatoms. The molecule has 0 radical (unpaired) electrons. The molecule has 4 N–H and O–H groups in total. The smallest absolute Gasteiger partial charge is 0.346 e. The third-order valence-corrected chi connectivity index (χ3v) is 6.35. The van der Waals surface area contributed by atoms with Gasteiger partial charge in [-0.3, -0.25) is 9.59 Å². The molecule has 0 heterocycles. The first kappa shape index (κ1) is 25.4. The Morgan fingerprint density at radius 1 is 1.12 bits per heavy atom. The van der Waals surface area contributed by atoms with E-state index in [2.05, 4.69) is 5.32 Å². The molecule has 0 aliphatic heterocycles. The predicted octanol–water partition coefficient (Wildman–Crippen LogP) is 3.37. The normalized spacial score (nSPS) is 18.4. The van der Waals surface area contributed by atoms with Gasteiger partial charge in [-0.25, -0.2) is 4.39 Å². The number of hydrogen-bond donors (Lipinski definition) is 3. The minimum absolute atomic E-state index is 0.0516. The van der Waals surface area contributed by atoms with Gasteiger partial charge in [-0.2, -0.15) is 13.2 Å². The van der Waals surface area contributed by atoms with Crippen molar-refractivity contribution in [3.05, 3.63) is 29.1 Å². The van der Waals surface area contributed by atoms with Crippen molar-refractivity contribution in [2.24, 2.45) is 23.5 Å². The molecule has 2 fully saturated rings. The third-order valence-electron chi connectivity index (χ3n) is 6.35. The molecule has 2 amide bonds. The van der Waals surface area contributed by atoms with E-state index in [9.17, 15) is 27.2 Å².